The van der Waals surface area contributed by atoms with Crippen LogP contribution in [0.1, 0.15) is 11.3 Å². The third-order valence-corrected chi connectivity index (χ3v) is 5.69. The maximum Gasteiger partial charge on any atom is 0.416 e. The fourth-order valence-electron chi connectivity index (χ4n) is 3.05. The number of halogens is 3. The summed E-state index contributed by atoms with van der Waals surface area (Å²) in [5.74, 6) is 0.854. The SMILES string of the molecule is Cn1ncc(-c2nc(-c3cccc(S(N)(=O)=O)c3)n[nH]2)c1COc1ccc(C(F)(F)F)cc1. The molecule has 13 heteroatoms. The van der Waals surface area contributed by atoms with Gasteiger partial charge >= 0.3 is 6.18 Å². The number of aromatic amines is 1. The number of rotatable bonds is 6. The van der Waals surface area contributed by atoms with E-state index in [0.29, 0.717) is 22.6 Å². The van der Waals surface area contributed by atoms with E-state index in [1.54, 1.807) is 17.8 Å². The Morgan fingerprint density at radius 1 is 1.15 bits per heavy atom. The van der Waals surface area contributed by atoms with Gasteiger partial charge in [-0.2, -0.15) is 23.4 Å². The smallest absolute Gasteiger partial charge is 0.416 e. The van der Waals surface area contributed by atoms with Crippen molar-refractivity contribution < 1.29 is 26.3 Å². The van der Waals surface area contributed by atoms with E-state index in [1.807, 2.05) is 0 Å². The lowest BCUT2D eigenvalue weighted by Crippen LogP contribution is -2.11. The van der Waals surface area contributed by atoms with Crippen LogP contribution in [-0.2, 0) is 29.9 Å². The zero-order valence-electron chi connectivity index (χ0n) is 17.0. The van der Waals surface area contributed by atoms with Crippen molar-refractivity contribution >= 4 is 10.0 Å². The molecule has 0 fully saturated rings. The molecule has 2 aromatic heterocycles. The molecular formula is C20H17F3N6O3S. The number of aryl methyl sites for hydroxylation is 1. The minimum atomic E-state index is -4.43. The maximum atomic E-state index is 12.7. The zero-order valence-corrected chi connectivity index (χ0v) is 17.9. The fraction of sp³-hybridized carbons (Fsp3) is 0.150. The number of H-pyrrole nitrogens is 1. The summed E-state index contributed by atoms with van der Waals surface area (Å²) in [5, 5.41) is 16.3. The van der Waals surface area contributed by atoms with E-state index in [2.05, 4.69) is 20.3 Å². The Labute approximate surface area is 186 Å². The van der Waals surface area contributed by atoms with E-state index < -0.39 is 21.8 Å². The Hall–Kier alpha value is -3.71. The summed E-state index contributed by atoms with van der Waals surface area (Å²) >= 11 is 0. The third-order valence-electron chi connectivity index (χ3n) is 4.78. The summed E-state index contributed by atoms with van der Waals surface area (Å²) in [4.78, 5) is 4.33. The van der Waals surface area contributed by atoms with Crippen molar-refractivity contribution in [2.45, 2.75) is 17.7 Å². The number of sulfonamides is 1. The van der Waals surface area contributed by atoms with Crippen LogP contribution in [0.25, 0.3) is 22.8 Å². The summed E-state index contributed by atoms with van der Waals surface area (Å²) in [5.41, 5.74) is 0.828. The van der Waals surface area contributed by atoms with E-state index in [1.165, 1.54) is 36.5 Å². The Bertz CT molecular complexity index is 1400. The summed E-state index contributed by atoms with van der Waals surface area (Å²) in [6, 6.07) is 10.3. The van der Waals surface area contributed by atoms with Crippen LogP contribution in [0.2, 0.25) is 0 Å². The van der Waals surface area contributed by atoms with E-state index in [9.17, 15) is 21.6 Å². The Balaban J connectivity index is 1.56. The summed E-state index contributed by atoms with van der Waals surface area (Å²) in [7, 11) is -2.20. The molecule has 3 N–H and O–H groups in total. The van der Waals surface area contributed by atoms with Gasteiger partial charge in [-0.05, 0) is 36.4 Å². The van der Waals surface area contributed by atoms with Gasteiger partial charge in [0.1, 0.15) is 12.4 Å². The topological polar surface area (TPSA) is 129 Å². The minimum absolute atomic E-state index is 0.00807. The highest BCUT2D eigenvalue weighted by Gasteiger charge is 2.30. The minimum Gasteiger partial charge on any atom is -0.487 e. The number of benzene rings is 2. The molecular weight excluding hydrogens is 461 g/mol. The largest absolute Gasteiger partial charge is 0.487 e. The van der Waals surface area contributed by atoms with Crippen LogP contribution in [0.4, 0.5) is 13.2 Å². The lowest BCUT2D eigenvalue weighted by Gasteiger charge is -2.10. The van der Waals surface area contributed by atoms with Crippen molar-refractivity contribution in [2.24, 2.45) is 12.2 Å². The Morgan fingerprint density at radius 2 is 1.88 bits per heavy atom. The predicted octanol–water partition coefficient (Wildman–Crippen LogP) is 3.12. The maximum absolute atomic E-state index is 12.7. The molecule has 0 saturated heterocycles. The standard InChI is InChI=1S/C20H17F3N6O3S/c1-29-17(11-32-14-7-5-13(6-8-14)20(21,22)23)16(10-25-29)19-26-18(27-28-19)12-3-2-4-15(9-12)33(24,30)31/h2-10H,11H2,1H3,(H2,24,30,31)(H,26,27,28). The highest BCUT2D eigenvalue weighted by atomic mass is 32.2. The van der Waals surface area contributed by atoms with Crippen molar-refractivity contribution in [1.29, 1.82) is 0 Å². The lowest BCUT2D eigenvalue weighted by atomic mass is 10.2. The quantitative estimate of drug-likeness (QED) is 0.438. The van der Waals surface area contributed by atoms with Gasteiger partial charge in [-0.3, -0.25) is 9.78 Å². The molecule has 33 heavy (non-hydrogen) atoms. The van der Waals surface area contributed by atoms with Crippen molar-refractivity contribution in [1.82, 2.24) is 25.0 Å². The molecule has 4 aromatic rings. The number of ether oxygens (including phenoxy) is 1. The molecule has 0 bridgehead atoms. The first-order chi connectivity index (χ1) is 15.5. The molecule has 0 aliphatic rings. The van der Waals surface area contributed by atoms with Crippen molar-refractivity contribution in [3.8, 4) is 28.5 Å². The van der Waals surface area contributed by atoms with Gasteiger partial charge in [0.25, 0.3) is 0 Å². The number of aromatic nitrogens is 5. The van der Waals surface area contributed by atoms with Gasteiger partial charge in [-0.15, -0.1) is 0 Å². The van der Waals surface area contributed by atoms with Crippen LogP contribution in [0, 0.1) is 0 Å². The second-order valence-corrected chi connectivity index (χ2v) is 8.58. The molecule has 2 aromatic carbocycles. The second-order valence-electron chi connectivity index (χ2n) is 7.02. The van der Waals surface area contributed by atoms with Gasteiger partial charge < -0.3 is 4.74 Å². The van der Waals surface area contributed by atoms with Gasteiger partial charge in [-0.25, -0.2) is 18.5 Å². The Kier molecular flexibility index (Phi) is 5.68. The van der Waals surface area contributed by atoms with Crippen molar-refractivity contribution in [3.63, 3.8) is 0 Å². The fourth-order valence-corrected chi connectivity index (χ4v) is 3.61. The van der Waals surface area contributed by atoms with E-state index in [4.69, 9.17) is 9.88 Å². The number of primary sulfonamides is 1. The number of nitrogens with zero attached hydrogens (tertiary/aromatic N) is 4. The molecule has 9 nitrogen and oxygen atoms in total. The predicted molar refractivity (Wildman–Crippen MR) is 111 cm³/mol. The van der Waals surface area contributed by atoms with Gasteiger partial charge in [-0.1, -0.05) is 12.1 Å². The number of hydrogen-bond acceptors (Lipinski definition) is 6. The van der Waals surface area contributed by atoms with Gasteiger partial charge in [0, 0.05) is 12.6 Å². The average molecular weight is 478 g/mol. The molecule has 0 unspecified atom stereocenters. The molecule has 0 radical (unpaired) electrons. The summed E-state index contributed by atoms with van der Waals surface area (Å²) in [6.45, 7) is 0.00807. The van der Waals surface area contributed by atoms with Crippen LogP contribution in [-0.4, -0.2) is 33.4 Å². The monoisotopic (exact) mass is 478 g/mol. The molecule has 0 aliphatic heterocycles. The first kappa shape index (κ1) is 22.5. The molecule has 0 spiro atoms. The number of hydrogen-bond donors (Lipinski definition) is 2. The molecule has 0 atom stereocenters. The van der Waals surface area contributed by atoms with Gasteiger partial charge in [0.05, 0.1) is 27.9 Å². The zero-order chi connectivity index (χ0) is 23.8. The van der Waals surface area contributed by atoms with Crippen LogP contribution < -0.4 is 9.88 Å². The summed E-state index contributed by atoms with van der Waals surface area (Å²) in [6.07, 6.45) is -2.89. The Morgan fingerprint density at radius 3 is 2.55 bits per heavy atom. The third kappa shape index (κ3) is 4.88. The summed E-state index contributed by atoms with van der Waals surface area (Å²) < 4.78 is 68.5. The first-order valence-corrected chi connectivity index (χ1v) is 10.9. The average Bonchev–Trinajstić information content (AvgIpc) is 3.38. The number of nitrogens with two attached hydrogens (primary N) is 1. The lowest BCUT2D eigenvalue weighted by molar-refractivity contribution is -0.137. The molecule has 172 valence electrons. The van der Waals surface area contributed by atoms with Crippen molar-refractivity contribution in [2.75, 3.05) is 0 Å². The number of alkyl halides is 3. The molecule has 2 heterocycles. The number of nitrogens with one attached hydrogen (secondary N) is 1. The van der Waals surface area contributed by atoms with Gasteiger partial charge in [0.2, 0.25) is 10.0 Å². The second kappa shape index (κ2) is 8.33. The highest BCUT2D eigenvalue weighted by Crippen LogP contribution is 2.31. The van der Waals surface area contributed by atoms with Crippen LogP contribution >= 0.6 is 0 Å². The van der Waals surface area contributed by atoms with Crippen LogP contribution in [0.5, 0.6) is 5.75 Å². The van der Waals surface area contributed by atoms with E-state index >= 15 is 0 Å². The van der Waals surface area contributed by atoms with Crippen LogP contribution in [0.3, 0.4) is 0 Å². The highest BCUT2D eigenvalue weighted by molar-refractivity contribution is 7.89. The molecule has 4 rings (SSSR count). The molecule has 0 saturated carbocycles. The van der Waals surface area contributed by atoms with E-state index in [0.717, 1.165) is 12.1 Å². The molecule has 0 amide bonds. The van der Waals surface area contributed by atoms with Crippen molar-refractivity contribution in [3.05, 3.63) is 66.0 Å². The van der Waals surface area contributed by atoms with E-state index in [-0.39, 0.29) is 23.1 Å². The normalized spacial score (nSPS) is 12.2. The van der Waals surface area contributed by atoms with Gasteiger partial charge in [0.15, 0.2) is 11.6 Å². The first-order valence-electron chi connectivity index (χ1n) is 9.39. The molecule has 0 aliphatic carbocycles. The van der Waals surface area contributed by atoms with Crippen LogP contribution in [0.15, 0.2) is 59.6 Å².